The van der Waals surface area contributed by atoms with Crippen LogP contribution in [0.15, 0.2) is 15.9 Å². The second-order valence-electron chi connectivity index (χ2n) is 2.08. The zero-order chi connectivity index (χ0) is 7.94. The molecule has 11 heavy (non-hydrogen) atoms. The maximum Gasteiger partial charge on any atom is 0.149 e. The molecule has 0 aliphatic heterocycles. The van der Waals surface area contributed by atoms with Gasteiger partial charge in [0.2, 0.25) is 0 Å². The Balaban J connectivity index is 2.04. The molecule has 1 aromatic heterocycles. The van der Waals surface area contributed by atoms with Gasteiger partial charge in [-0.15, -0.1) is 11.3 Å². The zero-order valence-corrected chi connectivity index (χ0v) is 8.72. The van der Waals surface area contributed by atoms with Crippen LogP contribution in [0.3, 0.4) is 0 Å². The summed E-state index contributed by atoms with van der Waals surface area (Å²) in [4.78, 5) is 4.18. The first-order chi connectivity index (χ1) is 5.43. The maximum atomic E-state index is 4.18. The fourth-order valence-corrected chi connectivity index (χ4v) is 2.59. The van der Waals surface area contributed by atoms with E-state index in [0.29, 0.717) is 0 Å². The third-order valence-corrected chi connectivity index (χ3v) is 3.56. The predicted octanol–water partition coefficient (Wildman–Crippen LogP) is 2.95. The molecule has 0 saturated carbocycles. The SMILES string of the molecule is SCCCCSc1nccs1. The third-order valence-electron chi connectivity index (χ3n) is 1.19. The molecule has 0 N–H and O–H groups in total. The fraction of sp³-hybridized carbons (Fsp3) is 0.571. The highest BCUT2D eigenvalue weighted by atomic mass is 32.2. The van der Waals surface area contributed by atoms with Crippen LogP contribution in [0.4, 0.5) is 0 Å². The Morgan fingerprint density at radius 2 is 2.45 bits per heavy atom. The van der Waals surface area contributed by atoms with Gasteiger partial charge in [-0.3, -0.25) is 0 Å². The second-order valence-corrected chi connectivity index (χ2v) is 4.76. The Bertz CT molecular complexity index is 174. The Morgan fingerprint density at radius 3 is 3.09 bits per heavy atom. The standard InChI is InChI=1S/C7H11NS3/c9-4-1-2-5-10-7-8-3-6-11-7/h3,6,9H,1-2,4-5H2. The third kappa shape index (κ3) is 4.03. The van der Waals surface area contributed by atoms with E-state index < -0.39 is 0 Å². The molecule has 0 bridgehead atoms. The quantitative estimate of drug-likeness (QED) is 0.451. The molecule has 1 heterocycles. The molecule has 0 unspecified atom stereocenters. The smallest absolute Gasteiger partial charge is 0.149 e. The zero-order valence-electron chi connectivity index (χ0n) is 6.19. The molecule has 0 atom stereocenters. The van der Waals surface area contributed by atoms with E-state index >= 15 is 0 Å². The monoisotopic (exact) mass is 205 g/mol. The molecule has 62 valence electrons. The summed E-state index contributed by atoms with van der Waals surface area (Å²) in [6.07, 6.45) is 4.31. The largest absolute Gasteiger partial charge is 0.238 e. The van der Waals surface area contributed by atoms with E-state index in [2.05, 4.69) is 17.6 Å². The lowest BCUT2D eigenvalue weighted by Gasteiger charge is -1.94. The highest BCUT2D eigenvalue weighted by Gasteiger charge is 1.94. The molecule has 0 radical (unpaired) electrons. The molecule has 0 aliphatic carbocycles. The van der Waals surface area contributed by atoms with E-state index in [-0.39, 0.29) is 0 Å². The van der Waals surface area contributed by atoms with Gasteiger partial charge >= 0.3 is 0 Å². The maximum absolute atomic E-state index is 4.18. The Hall–Kier alpha value is 0.330. The Morgan fingerprint density at radius 1 is 1.55 bits per heavy atom. The van der Waals surface area contributed by atoms with Crippen LogP contribution in [-0.4, -0.2) is 16.5 Å². The van der Waals surface area contributed by atoms with Crippen molar-refractivity contribution in [1.82, 2.24) is 4.98 Å². The van der Waals surface area contributed by atoms with Gasteiger partial charge in [-0.05, 0) is 18.6 Å². The molecule has 0 aliphatic rings. The molecule has 0 spiro atoms. The van der Waals surface area contributed by atoms with Crippen LogP contribution in [-0.2, 0) is 0 Å². The van der Waals surface area contributed by atoms with Crippen LogP contribution < -0.4 is 0 Å². The Kier molecular flexibility index (Phi) is 5.06. The number of thiol groups is 1. The fourth-order valence-electron chi connectivity index (χ4n) is 0.655. The average molecular weight is 205 g/mol. The van der Waals surface area contributed by atoms with E-state index in [1.54, 1.807) is 11.3 Å². The number of unbranched alkanes of at least 4 members (excludes halogenated alkanes) is 1. The highest BCUT2D eigenvalue weighted by Crippen LogP contribution is 2.20. The van der Waals surface area contributed by atoms with Gasteiger partial charge in [-0.25, -0.2) is 4.98 Å². The first-order valence-corrected chi connectivity index (χ1v) is 6.06. The number of nitrogens with zero attached hydrogens (tertiary/aromatic N) is 1. The van der Waals surface area contributed by atoms with Gasteiger partial charge in [-0.1, -0.05) is 11.8 Å². The Labute approximate surface area is 81.0 Å². The summed E-state index contributed by atoms with van der Waals surface area (Å²) in [5, 5.41) is 2.01. The molecular formula is C7H11NS3. The number of hydrogen-bond donors (Lipinski definition) is 1. The van der Waals surface area contributed by atoms with Crippen molar-refractivity contribution in [2.24, 2.45) is 0 Å². The molecule has 1 aromatic rings. The van der Waals surface area contributed by atoms with Crippen molar-refractivity contribution in [2.75, 3.05) is 11.5 Å². The lowest BCUT2D eigenvalue weighted by atomic mass is 10.4. The minimum Gasteiger partial charge on any atom is -0.238 e. The second kappa shape index (κ2) is 5.91. The van der Waals surface area contributed by atoms with Crippen molar-refractivity contribution in [1.29, 1.82) is 0 Å². The first-order valence-electron chi connectivity index (χ1n) is 3.56. The molecule has 0 saturated heterocycles. The summed E-state index contributed by atoms with van der Waals surface area (Å²) < 4.78 is 1.18. The lowest BCUT2D eigenvalue weighted by molar-refractivity contribution is 0.909. The van der Waals surface area contributed by atoms with Gasteiger partial charge in [-0.2, -0.15) is 12.6 Å². The van der Waals surface area contributed by atoms with Crippen LogP contribution in [0.1, 0.15) is 12.8 Å². The van der Waals surface area contributed by atoms with Gasteiger partial charge in [0.15, 0.2) is 0 Å². The molecule has 1 nitrogen and oxygen atoms in total. The van der Waals surface area contributed by atoms with Gasteiger partial charge in [0.25, 0.3) is 0 Å². The molecule has 0 aromatic carbocycles. The average Bonchev–Trinajstić information content (AvgIpc) is 2.50. The molecular weight excluding hydrogens is 194 g/mol. The van der Waals surface area contributed by atoms with Crippen LogP contribution in [0.5, 0.6) is 0 Å². The normalized spacial score (nSPS) is 10.3. The van der Waals surface area contributed by atoms with E-state index in [1.807, 2.05) is 23.3 Å². The van der Waals surface area contributed by atoms with Crippen molar-refractivity contribution in [3.8, 4) is 0 Å². The number of aromatic nitrogens is 1. The first kappa shape index (κ1) is 9.42. The summed E-state index contributed by atoms with van der Waals surface area (Å²) in [6.45, 7) is 0. The van der Waals surface area contributed by atoms with Gasteiger partial charge in [0.05, 0.1) is 0 Å². The number of hydrogen-bond acceptors (Lipinski definition) is 4. The topological polar surface area (TPSA) is 12.9 Å². The number of rotatable bonds is 5. The van der Waals surface area contributed by atoms with Crippen molar-refractivity contribution in [3.63, 3.8) is 0 Å². The number of thiazole rings is 1. The van der Waals surface area contributed by atoms with Crippen molar-refractivity contribution in [3.05, 3.63) is 11.6 Å². The lowest BCUT2D eigenvalue weighted by Crippen LogP contribution is -1.80. The van der Waals surface area contributed by atoms with Crippen LogP contribution >= 0.6 is 35.7 Å². The minimum absolute atomic E-state index is 0.998. The van der Waals surface area contributed by atoms with Crippen LogP contribution in [0.2, 0.25) is 0 Å². The van der Waals surface area contributed by atoms with Gasteiger partial charge in [0, 0.05) is 17.3 Å². The summed E-state index contributed by atoms with van der Waals surface area (Å²) in [7, 11) is 0. The van der Waals surface area contributed by atoms with E-state index in [1.165, 1.54) is 22.9 Å². The van der Waals surface area contributed by atoms with E-state index in [9.17, 15) is 0 Å². The van der Waals surface area contributed by atoms with Crippen LogP contribution in [0.25, 0.3) is 0 Å². The summed E-state index contributed by atoms with van der Waals surface area (Å²) in [6, 6.07) is 0. The van der Waals surface area contributed by atoms with Crippen molar-refractivity contribution in [2.45, 2.75) is 17.2 Å². The summed E-state index contributed by atoms with van der Waals surface area (Å²) in [5.41, 5.74) is 0. The number of thioether (sulfide) groups is 1. The van der Waals surface area contributed by atoms with Crippen molar-refractivity contribution >= 4 is 35.7 Å². The minimum atomic E-state index is 0.998. The molecule has 4 heteroatoms. The summed E-state index contributed by atoms with van der Waals surface area (Å²) in [5.74, 6) is 2.17. The van der Waals surface area contributed by atoms with Gasteiger partial charge in [0.1, 0.15) is 4.34 Å². The van der Waals surface area contributed by atoms with E-state index in [4.69, 9.17) is 0 Å². The molecule has 0 amide bonds. The van der Waals surface area contributed by atoms with Crippen molar-refractivity contribution < 1.29 is 0 Å². The molecule has 1 rings (SSSR count). The summed E-state index contributed by atoms with van der Waals surface area (Å²) >= 11 is 7.70. The van der Waals surface area contributed by atoms with Crippen LogP contribution in [0, 0.1) is 0 Å². The van der Waals surface area contributed by atoms with E-state index in [0.717, 1.165) is 5.75 Å². The highest BCUT2D eigenvalue weighted by molar-refractivity contribution is 8.00. The van der Waals surface area contributed by atoms with Gasteiger partial charge < -0.3 is 0 Å². The molecule has 0 fully saturated rings. The predicted molar refractivity (Wildman–Crippen MR) is 55.9 cm³/mol.